The highest BCUT2D eigenvalue weighted by molar-refractivity contribution is 6.33. The van der Waals surface area contributed by atoms with Crippen LogP contribution in [-0.4, -0.2) is 18.2 Å². The van der Waals surface area contributed by atoms with Crippen molar-refractivity contribution in [1.82, 2.24) is 5.32 Å². The second-order valence-corrected chi connectivity index (χ2v) is 6.98. The van der Waals surface area contributed by atoms with E-state index in [1.807, 2.05) is 0 Å². The Balaban J connectivity index is 1.74. The lowest BCUT2D eigenvalue weighted by Gasteiger charge is -2.28. The normalized spacial score (nSPS) is 24.0. The van der Waals surface area contributed by atoms with E-state index in [1.54, 1.807) is 18.2 Å². The van der Waals surface area contributed by atoms with Gasteiger partial charge in [-0.15, -0.1) is 0 Å². The van der Waals surface area contributed by atoms with Crippen LogP contribution < -0.4 is 5.32 Å². The van der Waals surface area contributed by atoms with Crippen LogP contribution >= 0.6 is 23.2 Å². The fraction of sp³-hybridized carbons (Fsp3) is 0.647. The molecule has 2 N–H and O–H groups in total. The van der Waals surface area contributed by atoms with Gasteiger partial charge in [-0.1, -0.05) is 49.4 Å². The summed E-state index contributed by atoms with van der Waals surface area (Å²) < 4.78 is 0. The van der Waals surface area contributed by atoms with Crippen molar-refractivity contribution in [2.45, 2.75) is 45.1 Å². The highest BCUT2D eigenvalue weighted by Crippen LogP contribution is 2.30. The van der Waals surface area contributed by atoms with E-state index in [4.69, 9.17) is 23.2 Å². The van der Waals surface area contributed by atoms with Gasteiger partial charge >= 0.3 is 0 Å². The van der Waals surface area contributed by atoms with Crippen LogP contribution in [0.15, 0.2) is 18.2 Å². The predicted molar refractivity (Wildman–Crippen MR) is 90.0 cm³/mol. The van der Waals surface area contributed by atoms with Crippen LogP contribution in [0.5, 0.6) is 0 Å². The molecule has 1 atom stereocenters. The average molecular weight is 330 g/mol. The Morgan fingerprint density at radius 3 is 2.52 bits per heavy atom. The van der Waals surface area contributed by atoms with Crippen molar-refractivity contribution in [2.75, 3.05) is 13.1 Å². The van der Waals surface area contributed by atoms with Gasteiger partial charge in [-0.25, -0.2) is 0 Å². The summed E-state index contributed by atoms with van der Waals surface area (Å²) in [6, 6.07) is 5.21. The highest BCUT2D eigenvalue weighted by Gasteiger charge is 2.20. The largest absolute Gasteiger partial charge is 0.387 e. The van der Waals surface area contributed by atoms with Gasteiger partial charge in [0.05, 0.1) is 6.10 Å². The van der Waals surface area contributed by atoms with E-state index in [0.717, 1.165) is 18.4 Å². The maximum absolute atomic E-state index is 10.2. The molecule has 4 heteroatoms. The quantitative estimate of drug-likeness (QED) is 0.783. The first-order valence-corrected chi connectivity index (χ1v) is 8.69. The molecule has 2 rings (SSSR count). The summed E-state index contributed by atoms with van der Waals surface area (Å²) in [5.74, 6) is 1.67. The third-order valence-electron chi connectivity index (χ3n) is 4.63. The van der Waals surface area contributed by atoms with E-state index in [0.29, 0.717) is 22.2 Å². The number of hydrogen-bond donors (Lipinski definition) is 2. The lowest BCUT2D eigenvalue weighted by atomic mass is 9.81. The summed E-state index contributed by atoms with van der Waals surface area (Å²) in [7, 11) is 0. The Morgan fingerprint density at radius 1 is 1.19 bits per heavy atom. The van der Waals surface area contributed by atoms with Crippen molar-refractivity contribution in [2.24, 2.45) is 11.8 Å². The maximum Gasteiger partial charge on any atom is 0.0929 e. The lowest BCUT2D eigenvalue weighted by Crippen LogP contribution is -2.29. The minimum Gasteiger partial charge on any atom is -0.387 e. The lowest BCUT2D eigenvalue weighted by molar-refractivity contribution is 0.169. The first kappa shape index (κ1) is 17.1. The summed E-state index contributed by atoms with van der Waals surface area (Å²) in [4.78, 5) is 0. The van der Waals surface area contributed by atoms with Crippen molar-refractivity contribution in [1.29, 1.82) is 0 Å². The van der Waals surface area contributed by atoms with Gasteiger partial charge in [-0.05, 0) is 49.4 Å². The predicted octanol–water partition coefficient (Wildman–Crippen LogP) is 4.83. The van der Waals surface area contributed by atoms with Gasteiger partial charge in [0, 0.05) is 22.2 Å². The first-order valence-electron chi connectivity index (χ1n) is 7.93. The maximum atomic E-state index is 10.2. The second-order valence-electron chi connectivity index (χ2n) is 6.13. The molecule has 21 heavy (non-hydrogen) atoms. The topological polar surface area (TPSA) is 32.3 Å². The van der Waals surface area contributed by atoms with Crippen LogP contribution in [0.1, 0.15) is 50.7 Å². The van der Waals surface area contributed by atoms with Crippen LogP contribution in [0.4, 0.5) is 0 Å². The number of nitrogens with one attached hydrogen (secondary N) is 1. The van der Waals surface area contributed by atoms with E-state index in [1.165, 1.54) is 32.1 Å². The monoisotopic (exact) mass is 329 g/mol. The molecule has 0 aromatic heterocycles. The van der Waals surface area contributed by atoms with E-state index < -0.39 is 6.10 Å². The van der Waals surface area contributed by atoms with Crippen LogP contribution in [0.2, 0.25) is 10.0 Å². The highest BCUT2D eigenvalue weighted by atomic mass is 35.5. The van der Waals surface area contributed by atoms with Crippen molar-refractivity contribution >= 4 is 23.2 Å². The molecule has 0 aliphatic heterocycles. The fourth-order valence-corrected chi connectivity index (χ4v) is 3.57. The molecule has 1 saturated carbocycles. The van der Waals surface area contributed by atoms with Crippen LogP contribution in [-0.2, 0) is 0 Å². The molecule has 1 aromatic rings. The fourth-order valence-electron chi connectivity index (χ4n) is 3.15. The van der Waals surface area contributed by atoms with Crippen LogP contribution in [0.25, 0.3) is 0 Å². The third kappa shape index (κ3) is 5.14. The van der Waals surface area contributed by atoms with Gasteiger partial charge in [0.1, 0.15) is 0 Å². The van der Waals surface area contributed by atoms with Gasteiger partial charge in [-0.3, -0.25) is 0 Å². The number of aliphatic hydroxyl groups excluding tert-OH is 1. The van der Waals surface area contributed by atoms with E-state index >= 15 is 0 Å². The minimum atomic E-state index is -0.608. The molecule has 0 bridgehead atoms. The number of halogens is 2. The molecule has 1 aliphatic rings. The molecule has 1 fully saturated rings. The van der Waals surface area contributed by atoms with E-state index in [2.05, 4.69) is 12.2 Å². The van der Waals surface area contributed by atoms with Crippen LogP contribution in [0.3, 0.4) is 0 Å². The van der Waals surface area contributed by atoms with Crippen molar-refractivity contribution in [3.63, 3.8) is 0 Å². The SMILES string of the molecule is CCC1CCC(CNCC(O)c2cc(Cl)ccc2Cl)CC1. The third-order valence-corrected chi connectivity index (χ3v) is 5.21. The zero-order valence-corrected chi connectivity index (χ0v) is 14.1. The second kappa shape index (κ2) is 8.38. The number of hydrogen-bond acceptors (Lipinski definition) is 2. The Bertz CT molecular complexity index is 444. The Morgan fingerprint density at radius 2 is 1.86 bits per heavy atom. The standard InChI is InChI=1S/C17H25Cl2NO/c1-2-12-3-5-13(6-4-12)10-20-11-17(21)15-9-14(18)7-8-16(15)19/h7-9,12-13,17,20-21H,2-6,10-11H2,1H3. The minimum absolute atomic E-state index is 0.522. The van der Waals surface area contributed by atoms with Crippen LogP contribution in [0, 0.1) is 11.8 Å². The van der Waals surface area contributed by atoms with Gasteiger partial charge in [-0.2, -0.15) is 0 Å². The van der Waals surface area contributed by atoms with Gasteiger partial charge in [0.2, 0.25) is 0 Å². The summed E-state index contributed by atoms with van der Waals surface area (Å²) in [5, 5.41) is 14.8. The molecule has 0 amide bonds. The zero-order chi connectivity index (χ0) is 15.2. The molecule has 0 heterocycles. The van der Waals surface area contributed by atoms with Gasteiger partial charge in [0.25, 0.3) is 0 Å². The average Bonchev–Trinajstić information content (AvgIpc) is 2.50. The van der Waals surface area contributed by atoms with Gasteiger partial charge in [0.15, 0.2) is 0 Å². The smallest absolute Gasteiger partial charge is 0.0929 e. The molecular weight excluding hydrogens is 305 g/mol. The number of benzene rings is 1. The summed E-state index contributed by atoms with van der Waals surface area (Å²) in [5.41, 5.74) is 0.700. The van der Waals surface area contributed by atoms with Crippen molar-refractivity contribution in [3.05, 3.63) is 33.8 Å². The van der Waals surface area contributed by atoms with Crippen molar-refractivity contribution < 1.29 is 5.11 Å². The Labute approximate surface area is 137 Å². The molecule has 0 spiro atoms. The molecule has 1 aliphatic carbocycles. The molecule has 1 aromatic carbocycles. The summed E-state index contributed by atoms with van der Waals surface area (Å²) >= 11 is 12.1. The van der Waals surface area contributed by atoms with E-state index in [9.17, 15) is 5.11 Å². The molecule has 118 valence electrons. The number of aliphatic hydroxyl groups is 1. The van der Waals surface area contributed by atoms with E-state index in [-0.39, 0.29) is 0 Å². The summed E-state index contributed by atoms with van der Waals surface area (Å²) in [6.07, 6.45) is 6.02. The molecule has 0 saturated heterocycles. The molecule has 0 radical (unpaired) electrons. The zero-order valence-electron chi connectivity index (χ0n) is 12.6. The first-order chi connectivity index (χ1) is 10.1. The number of rotatable bonds is 6. The Kier molecular flexibility index (Phi) is 6.81. The van der Waals surface area contributed by atoms with Crippen molar-refractivity contribution in [3.8, 4) is 0 Å². The Hall–Kier alpha value is -0.280. The molecule has 1 unspecified atom stereocenters. The summed E-state index contributed by atoms with van der Waals surface area (Å²) in [6.45, 7) is 3.79. The molecular formula is C17H25Cl2NO. The molecule has 2 nitrogen and oxygen atoms in total. The van der Waals surface area contributed by atoms with Gasteiger partial charge < -0.3 is 10.4 Å².